The summed E-state index contributed by atoms with van der Waals surface area (Å²) in [7, 11) is -1.46. The maximum absolute atomic E-state index is 2.46. The summed E-state index contributed by atoms with van der Waals surface area (Å²) in [5.74, 6) is 0. The second-order valence-electron chi connectivity index (χ2n) is 16.7. The van der Waals surface area contributed by atoms with E-state index in [1.54, 1.807) is 0 Å². The van der Waals surface area contributed by atoms with Crippen LogP contribution in [-0.2, 0) is 5.41 Å². The van der Waals surface area contributed by atoms with E-state index in [-0.39, 0.29) is 5.41 Å². The topological polar surface area (TPSA) is 6.48 Å². The molecular weight excluding hydrogens is 705 g/mol. The minimum absolute atomic E-state index is 0.0714. The van der Waals surface area contributed by atoms with Gasteiger partial charge in [0.05, 0.1) is 13.8 Å². The second kappa shape index (κ2) is 14.6. The summed E-state index contributed by atoms with van der Waals surface area (Å²) >= 11 is 0. The molecule has 1 aliphatic rings. The van der Waals surface area contributed by atoms with Gasteiger partial charge in [0.25, 0.3) is 0 Å². The number of rotatable bonds is 9. The fraction of sp³-hybridized carbons (Fsp3) is 0.111. The van der Waals surface area contributed by atoms with Crippen LogP contribution in [0.15, 0.2) is 200 Å². The van der Waals surface area contributed by atoms with E-state index in [1.807, 2.05) is 0 Å². The van der Waals surface area contributed by atoms with E-state index in [0.717, 1.165) is 22.7 Å². The highest BCUT2D eigenvalue weighted by Crippen LogP contribution is 2.54. The van der Waals surface area contributed by atoms with Gasteiger partial charge >= 0.3 is 0 Å². The first kappa shape index (κ1) is 36.2. The molecule has 0 atom stereocenters. The fourth-order valence-electron chi connectivity index (χ4n) is 8.52. The third-order valence-corrected chi connectivity index (χ3v) is 13.7. The molecule has 0 N–H and O–H groups in total. The third kappa shape index (κ3) is 6.79. The molecule has 0 amide bonds. The van der Waals surface area contributed by atoms with E-state index in [2.05, 4.69) is 243 Å². The fourth-order valence-corrected chi connectivity index (χ4v) is 9.69. The zero-order valence-electron chi connectivity index (χ0n) is 33.4. The Labute approximate surface area is 339 Å². The Morgan fingerprint density at radius 3 is 1.23 bits per heavy atom. The summed E-state index contributed by atoms with van der Waals surface area (Å²) in [5, 5.41) is 1.46. The van der Waals surface area contributed by atoms with E-state index in [1.165, 1.54) is 61.1 Å². The molecule has 0 spiro atoms. The first-order valence-corrected chi connectivity index (χ1v) is 23.5. The minimum atomic E-state index is -1.46. The van der Waals surface area contributed by atoms with Gasteiger partial charge in [-0.15, -0.1) is 0 Å². The van der Waals surface area contributed by atoms with Gasteiger partial charge in [-0.1, -0.05) is 172 Å². The van der Waals surface area contributed by atoms with Crippen LogP contribution >= 0.6 is 0 Å². The Bertz CT molecular complexity index is 2600. The van der Waals surface area contributed by atoms with Gasteiger partial charge in [0.1, 0.15) is 0 Å². The molecule has 2 nitrogen and oxygen atoms in total. The molecule has 0 heterocycles. The van der Waals surface area contributed by atoms with Crippen LogP contribution in [0, 0.1) is 0 Å². The average Bonchev–Trinajstić information content (AvgIpc) is 3.49. The van der Waals surface area contributed by atoms with Crippen molar-refractivity contribution in [3.8, 4) is 33.4 Å². The van der Waals surface area contributed by atoms with Crippen LogP contribution in [-0.4, -0.2) is 8.07 Å². The molecule has 0 fully saturated rings. The number of hydrogen-bond donors (Lipinski definition) is 0. The second-order valence-corrected chi connectivity index (χ2v) is 21.8. The van der Waals surface area contributed by atoms with Crippen LogP contribution in [0.4, 0.5) is 34.1 Å². The van der Waals surface area contributed by atoms with Crippen molar-refractivity contribution in [1.82, 2.24) is 0 Å². The third-order valence-electron chi connectivity index (χ3n) is 11.6. The van der Waals surface area contributed by atoms with Gasteiger partial charge in [-0.25, -0.2) is 0 Å². The van der Waals surface area contributed by atoms with Gasteiger partial charge in [-0.05, 0) is 106 Å². The molecule has 8 aromatic carbocycles. The standard InChI is InChI=1S/C54H48N2Si/c1-54(2)50-20-13-12-19-49(50)53-51(54)21-14-22-52(53)56(47-35-37-48(38-36-47)57(3,4)5)46-33-29-42(30-34-46)40-25-23-39(24-26-40)41-27-31-45(32-28-41)55(43-15-8-6-9-16-43)44-17-10-7-11-18-44/h6-38H,1-5H3. The minimum Gasteiger partial charge on any atom is -0.311 e. The van der Waals surface area contributed by atoms with Crippen molar-refractivity contribution >= 4 is 47.4 Å². The lowest BCUT2D eigenvalue weighted by atomic mass is 9.82. The van der Waals surface area contributed by atoms with Crippen LogP contribution < -0.4 is 15.0 Å². The molecule has 278 valence electrons. The maximum atomic E-state index is 2.46. The maximum Gasteiger partial charge on any atom is 0.0775 e. The highest BCUT2D eigenvalue weighted by atomic mass is 28.3. The quantitative estimate of drug-likeness (QED) is 0.136. The van der Waals surface area contributed by atoms with E-state index in [0.29, 0.717) is 0 Å². The average molecular weight is 753 g/mol. The molecule has 0 unspecified atom stereocenters. The van der Waals surface area contributed by atoms with Crippen molar-refractivity contribution < 1.29 is 0 Å². The van der Waals surface area contributed by atoms with Gasteiger partial charge < -0.3 is 9.80 Å². The smallest absolute Gasteiger partial charge is 0.0775 e. The molecule has 57 heavy (non-hydrogen) atoms. The molecule has 1 aliphatic carbocycles. The number of hydrogen-bond acceptors (Lipinski definition) is 2. The summed E-state index contributed by atoms with van der Waals surface area (Å²) in [6, 6.07) is 73.2. The molecule has 0 bridgehead atoms. The van der Waals surface area contributed by atoms with E-state index in [9.17, 15) is 0 Å². The van der Waals surface area contributed by atoms with E-state index in [4.69, 9.17) is 0 Å². The summed E-state index contributed by atoms with van der Waals surface area (Å²) < 4.78 is 0. The number of nitrogens with zero attached hydrogens (tertiary/aromatic N) is 2. The van der Waals surface area contributed by atoms with Crippen LogP contribution in [0.2, 0.25) is 19.6 Å². The SMILES string of the molecule is CC1(C)c2ccccc2-c2c(N(c3ccc(-c4ccc(-c5ccc(N(c6ccccc6)c6ccccc6)cc5)cc4)cc3)c3ccc([Si](C)(C)C)cc3)cccc21. The van der Waals surface area contributed by atoms with Crippen molar-refractivity contribution in [3.63, 3.8) is 0 Å². The predicted octanol–water partition coefficient (Wildman–Crippen LogP) is 14.8. The first-order valence-electron chi connectivity index (χ1n) is 20.0. The van der Waals surface area contributed by atoms with Crippen molar-refractivity contribution in [2.75, 3.05) is 9.80 Å². The highest BCUT2D eigenvalue weighted by molar-refractivity contribution is 6.88. The molecule has 8 aromatic rings. The van der Waals surface area contributed by atoms with Crippen molar-refractivity contribution in [1.29, 1.82) is 0 Å². The van der Waals surface area contributed by atoms with Crippen LogP contribution in [0.25, 0.3) is 33.4 Å². The molecule has 9 rings (SSSR count). The molecule has 0 aromatic heterocycles. The zero-order valence-corrected chi connectivity index (χ0v) is 34.4. The Balaban J connectivity index is 1.03. The normalized spacial score (nSPS) is 12.8. The lowest BCUT2D eigenvalue weighted by Crippen LogP contribution is -2.37. The Hall–Kier alpha value is -6.42. The van der Waals surface area contributed by atoms with Crippen LogP contribution in [0.5, 0.6) is 0 Å². The summed E-state index contributed by atoms with van der Waals surface area (Å²) in [5.41, 5.74) is 17.1. The predicted molar refractivity (Wildman–Crippen MR) is 247 cm³/mol. The number of anilines is 6. The zero-order chi connectivity index (χ0) is 39.1. The van der Waals surface area contributed by atoms with E-state index < -0.39 is 8.07 Å². The Morgan fingerprint density at radius 1 is 0.351 bits per heavy atom. The number of fused-ring (bicyclic) bond motifs is 3. The van der Waals surface area contributed by atoms with Crippen molar-refractivity contribution in [3.05, 3.63) is 211 Å². The molecule has 0 saturated heterocycles. The first-order chi connectivity index (χ1) is 27.7. The molecule has 0 radical (unpaired) electrons. The molecule has 0 saturated carbocycles. The number of para-hydroxylation sites is 2. The lowest BCUT2D eigenvalue weighted by molar-refractivity contribution is 0.660. The highest BCUT2D eigenvalue weighted by Gasteiger charge is 2.37. The van der Waals surface area contributed by atoms with Gasteiger partial charge in [-0.3, -0.25) is 0 Å². The molecule has 0 aliphatic heterocycles. The molecule has 3 heteroatoms. The Kier molecular flexibility index (Phi) is 9.27. The largest absolute Gasteiger partial charge is 0.311 e. The van der Waals surface area contributed by atoms with Crippen molar-refractivity contribution in [2.24, 2.45) is 0 Å². The van der Waals surface area contributed by atoms with Crippen LogP contribution in [0.3, 0.4) is 0 Å². The van der Waals surface area contributed by atoms with Gasteiger partial charge in [-0.2, -0.15) is 0 Å². The lowest BCUT2D eigenvalue weighted by Gasteiger charge is -2.29. The summed E-state index contributed by atoms with van der Waals surface area (Å²) in [4.78, 5) is 4.75. The summed E-state index contributed by atoms with van der Waals surface area (Å²) in [6.45, 7) is 12.0. The Morgan fingerprint density at radius 2 is 0.737 bits per heavy atom. The van der Waals surface area contributed by atoms with Crippen LogP contribution in [0.1, 0.15) is 25.0 Å². The summed E-state index contributed by atoms with van der Waals surface area (Å²) in [6.07, 6.45) is 0. The van der Waals surface area contributed by atoms with Crippen molar-refractivity contribution in [2.45, 2.75) is 38.9 Å². The monoisotopic (exact) mass is 752 g/mol. The van der Waals surface area contributed by atoms with E-state index >= 15 is 0 Å². The van der Waals surface area contributed by atoms with Gasteiger partial charge in [0.15, 0.2) is 0 Å². The number of benzene rings is 8. The van der Waals surface area contributed by atoms with Gasteiger partial charge in [0.2, 0.25) is 0 Å². The molecular formula is C54H48N2Si. The van der Waals surface area contributed by atoms with Gasteiger partial charge in [0, 0.05) is 39.4 Å².